The molecule has 0 atom stereocenters. The van der Waals surface area contributed by atoms with Gasteiger partial charge in [-0.05, 0) is 24.3 Å². The molecule has 0 unspecified atom stereocenters. The Morgan fingerprint density at radius 1 is 1.29 bits per heavy atom. The highest BCUT2D eigenvalue weighted by molar-refractivity contribution is 6.03. The van der Waals surface area contributed by atoms with Crippen molar-refractivity contribution in [3.8, 4) is 0 Å². The Kier molecular flexibility index (Phi) is 3.04. The number of amides is 1. The number of nitrogens with one attached hydrogen (secondary N) is 2. The zero-order chi connectivity index (χ0) is 12.3. The quantitative estimate of drug-likeness (QED) is 0.830. The Morgan fingerprint density at radius 3 is 2.53 bits per heavy atom. The van der Waals surface area contributed by atoms with Crippen LogP contribution in [-0.2, 0) is 0 Å². The first-order chi connectivity index (χ1) is 8.16. The molecule has 17 heavy (non-hydrogen) atoms. The van der Waals surface area contributed by atoms with Crippen LogP contribution in [0.2, 0.25) is 0 Å². The monoisotopic (exact) mass is 231 g/mol. The van der Waals surface area contributed by atoms with Gasteiger partial charge in [-0.15, -0.1) is 5.10 Å². The number of anilines is 2. The van der Waals surface area contributed by atoms with E-state index in [2.05, 4.69) is 20.7 Å². The third-order valence-corrected chi connectivity index (χ3v) is 2.30. The van der Waals surface area contributed by atoms with Gasteiger partial charge in [0.25, 0.3) is 5.91 Å². The molecular formula is C11H13N5O. The summed E-state index contributed by atoms with van der Waals surface area (Å²) < 4.78 is 0. The van der Waals surface area contributed by atoms with Crippen LogP contribution in [0.5, 0.6) is 0 Å². The molecule has 0 aliphatic heterocycles. The number of benzene rings is 1. The number of carbonyl (C=O) groups is 1. The minimum absolute atomic E-state index is 0.204. The fourth-order valence-corrected chi connectivity index (χ4v) is 1.36. The molecule has 0 spiro atoms. The molecule has 0 saturated heterocycles. The topological polar surface area (TPSA) is 73.9 Å². The van der Waals surface area contributed by atoms with E-state index in [1.807, 2.05) is 31.1 Å². The van der Waals surface area contributed by atoms with Crippen molar-refractivity contribution in [2.45, 2.75) is 0 Å². The second-order valence-corrected chi connectivity index (χ2v) is 3.75. The molecule has 88 valence electrons. The van der Waals surface area contributed by atoms with Gasteiger partial charge in [0.1, 0.15) is 0 Å². The third kappa shape index (κ3) is 2.60. The number of hydrogen-bond donors (Lipinski definition) is 2. The van der Waals surface area contributed by atoms with E-state index in [0.717, 1.165) is 5.69 Å². The van der Waals surface area contributed by atoms with Crippen LogP contribution in [0.3, 0.4) is 0 Å². The van der Waals surface area contributed by atoms with Crippen molar-refractivity contribution in [2.75, 3.05) is 24.3 Å². The van der Waals surface area contributed by atoms with Crippen LogP contribution in [0, 0.1) is 0 Å². The van der Waals surface area contributed by atoms with Gasteiger partial charge in [0, 0.05) is 25.3 Å². The number of aromatic nitrogens is 3. The van der Waals surface area contributed by atoms with Gasteiger partial charge in [-0.2, -0.15) is 10.3 Å². The molecule has 0 fully saturated rings. The van der Waals surface area contributed by atoms with E-state index in [1.54, 1.807) is 12.1 Å². The maximum absolute atomic E-state index is 11.8. The lowest BCUT2D eigenvalue weighted by molar-refractivity contribution is 0.102. The Balaban J connectivity index is 2.09. The average molecular weight is 231 g/mol. The minimum atomic E-state index is -0.204. The van der Waals surface area contributed by atoms with Gasteiger partial charge in [-0.3, -0.25) is 4.79 Å². The first kappa shape index (κ1) is 11.1. The van der Waals surface area contributed by atoms with E-state index in [9.17, 15) is 4.79 Å². The van der Waals surface area contributed by atoms with Gasteiger partial charge in [-0.1, -0.05) is 0 Å². The van der Waals surface area contributed by atoms with Crippen LogP contribution < -0.4 is 10.2 Å². The van der Waals surface area contributed by atoms with E-state index in [4.69, 9.17) is 0 Å². The van der Waals surface area contributed by atoms with Crippen LogP contribution in [0.25, 0.3) is 0 Å². The highest BCUT2D eigenvalue weighted by Gasteiger charge is 2.07. The summed E-state index contributed by atoms with van der Waals surface area (Å²) in [5, 5.41) is 12.4. The maximum atomic E-state index is 11.8. The molecule has 1 heterocycles. The van der Waals surface area contributed by atoms with Crippen molar-refractivity contribution in [3.05, 3.63) is 36.0 Å². The summed E-state index contributed by atoms with van der Waals surface area (Å²) in [7, 11) is 3.90. The largest absolute Gasteiger partial charge is 0.378 e. The van der Waals surface area contributed by atoms with Crippen molar-refractivity contribution in [3.63, 3.8) is 0 Å². The van der Waals surface area contributed by atoms with Gasteiger partial charge in [0.15, 0.2) is 5.82 Å². The Labute approximate surface area is 98.6 Å². The van der Waals surface area contributed by atoms with Crippen molar-refractivity contribution in [2.24, 2.45) is 0 Å². The summed E-state index contributed by atoms with van der Waals surface area (Å²) in [6.45, 7) is 0. The molecule has 0 bridgehead atoms. The molecule has 0 saturated carbocycles. The van der Waals surface area contributed by atoms with Crippen LogP contribution >= 0.6 is 0 Å². The summed E-state index contributed by atoms with van der Waals surface area (Å²) in [5.41, 5.74) is 1.63. The van der Waals surface area contributed by atoms with E-state index < -0.39 is 0 Å². The molecule has 1 aromatic carbocycles. The van der Waals surface area contributed by atoms with Crippen molar-refractivity contribution in [1.82, 2.24) is 15.4 Å². The number of rotatable bonds is 3. The Morgan fingerprint density at radius 2 is 2.00 bits per heavy atom. The highest BCUT2D eigenvalue weighted by Crippen LogP contribution is 2.13. The van der Waals surface area contributed by atoms with Crippen molar-refractivity contribution in [1.29, 1.82) is 0 Å². The fourth-order valence-electron chi connectivity index (χ4n) is 1.36. The van der Waals surface area contributed by atoms with E-state index >= 15 is 0 Å². The van der Waals surface area contributed by atoms with Gasteiger partial charge in [0.05, 0.1) is 6.20 Å². The zero-order valence-electron chi connectivity index (χ0n) is 9.64. The van der Waals surface area contributed by atoms with Crippen LogP contribution in [0.1, 0.15) is 10.4 Å². The normalized spacial score (nSPS) is 10.0. The fraction of sp³-hybridized carbons (Fsp3) is 0.182. The van der Waals surface area contributed by atoms with Crippen LogP contribution in [0.4, 0.5) is 11.5 Å². The Hall–Kier alpha value is -2.37. The number of carbonyl (C=O) groups excluding carboxylic acids is 1. The third-order valence-electron chi connectivity index (χ3n) is 2.30. The van der Waals surface area contributed by atoms with Crippen molar-refractivity contribution >= 4 is 17.4 Å². The predicted octanol–water partition coefficient (Wildman–Crippen LogP) is 1.12. The lowest BCUT2D eigenvalue weighted by Gasteiger charge is -2.12. The summed E-state index contributed by atoms with van der Waals surface area (Å²) in [4.78, 5) is 13.8. The number of H-pyrrole nitrogens is 1. The molecule has 2 aromatic rings. The highest BCUT2D eigenvalue weighted by atomic mass is 16.1. The molecule has 6 nitrogen and oxygen atoms in total. The molecule has 0 aliphatic carbocycles. The van der Waals surface area contributed by atoms with Crippen LogP contribution in [0.15, 0.2) is 30.5 Å². The summed E-state index contributed by atoms with van der Waals surface area (Å²) >= 11 is 0. The number of aromatic amines is 1. The second-order valence-electron chi connectivity index (χ2n) is 3.75. The Bertz CT molecular complexity index is 489. The van der Waals surface area contributed by atoms with Crippen LogP contribution in [-0.4, -0.2) is 35.4 Å². The van der Waals surface area contributed by atoms with Crippen molar-refractivity contribution < 1.29 is 4.79 Å². The van der Waals surface area contributed by atoms with E-state index in [1.165, 1.54) is 6.20 Å². The van der Waals surface area contributed by atoms with E-state index in [-0.39, 0.29) is 5.91 Å². The molecule has 1 aromatic heterocycles. The summed E-state index contributed by atoms with van der Waals surface area (Å²) in [6, 6.07) is 7.31. The molecule has 1 amide bonds. The number of nitrogens with zero attached hydrogens (tertiary/aromatic N) is 3. The lowest BCUT2D eigenvalue weighted by atomic mass is 10.2. The standard InChI is InChI=1S/C11H13N5O/c1-16(2)9-5-3-8(4-6-9)11(17)13-10-7-12-15-14-10/h3-7H,1-2H3,(H2,12,13,14,15,17). The lowest BCUT2D eigenvalue weighted by Crippen LogP contribution is -2.13. The molecule has 2 N–H and O–H groups in total. The molecule has 0 aliphatic rings. The van der Waals surface area contributed by atoms with Gasteiger partial charge in [-0.25, -0.2) is 0 Å². The first-order valence-electron chi connectivity index (χ1n) is 5.11. The molecular weight excluding hydrogens is 218 g/mol. The average Bonchev–Trinajstić information content (AvgIpc) is 2.82. The zero-order valence-corrected chi connectivity index (χ0v) is 9.64. The molecule has 0 radical (unpaired) electrons. The summed E-state index contributed by atoms with van der Waals surface area (Å²) in [6.07, 6.45) is 1.45. The maximum Gasteiger partial charge on any atom is 0.256 e. The predicted molar refractivity (Wildman–Crippen MR) is 65.1 cm³/mol. The minimum Gasteiger partial charge on any atom is -0.378 e. The summed E-state index contributed by atoms with van der Waals surface area (Å²) in [5.74, 6) is 0.205. The second kappa shape index (κ2) is 4.65. The SMILES string of the molecule is CN(C)c1ccc(C(=O)Nc2cn[nH]n2)cc1. The molecule has 6 heteroatoms. The van der Waals surface area contributed by atoms with Gasteiger partial charge in [0.2, 0.25) is 0 Å². The first-order valence-corrected chi connectivity index (χ1v) is 5.11. The van der Waals surface area contributed by atoms with Gasteiger partial charge >= 0.3 is 0 Å². The smallest absolute Gasteiger partial charge is 0.256 e. The molecule has 2 rings (SSSR count). The number of hydrogen-bond acceptors (Lipinski definition) is 4. The van der Waals surface area contributed by atoms with E-state index in [0.29, 0.717) is 11.4 Å². The van der Waals surface area contributed by atoms with Gasteiger partial charge < -0.3 is 10.2 Å².